The zero-order chi connectivity index (χ0) is 24.8. The van der Waals surface area contributed by atoms with Crippen molar-refractivity contribution in [1.29, 1.82) is 0 Å². The van der Waals surface area contributed by atoms with Gasteiger partial charge in [0.25, 0.3) is 11.5 Å². The summed E-state index contributed by atoms with van der Waals surface area (Å²) in [6.07, 6.45) is 3.57. The number of rotatable bonds is 4. The van der Waals surface area contributed by atoms with Crippen LogP contribution in [0.3, 0.4) is 0 Å². The van der Waals surface area contributed by atoms with Gasteiger partial charge in [-0.05, 0) is 48.4 Å². The topological polar surface area (TPSA) is 99.8 Å². The Morgan fingerprint density at radius 1 is 1.08 bits per heavy atom. The predicted octanol–water partition coefficient (Wildman–Crippen LogP) is 3.57. The number of nitrogens with zero attached hydrogens (tertiary/aromatic N) is 4. The first-order chi connectivity index (χ1) is 17.5. The highest BCUT2D eigenvalue weighted by atomic mass is 19.1. The highest BCUT2D eigenvalue weighted by Gasteiger charge is 2.19. The van der Waals surface area contributed by atoms with E-state index < -0.39 is 11.5 Å². The van der Waals surface area contributed by atoms with Crippen molar-refractivity contribution in [2.75, 3.05) is 18.6 Å². The van der Waals surface area contributed by atoms with Crippen LogP contribution in [0.4, 0.5) is 4.39 Å². The number of halogens is 1. The normalized spacial score (nSPS) is 12.7. The Labute approximate surface area is 203 Å². The molecule has 0 saturated carbocycles. The van der Waals surface area contributed by atoms with Crippen molar-refractivity contribution >= 4 is 22.5 Å². The predicted molar refractivity (Wildman–Crippen MR) is 131 cm³/mol. The number of amides is 1. The molecule has 1 aliphatic heterocycles. The van der Waals surface area contributed by atoms with E-state index in [4.69, 9.17) is 9.47 Å². The van der Waals surface area contributed by atoms with Crippen LogP contribution in [0, 0.1) is 5.82 Å². The van der Waals surface area contributed by atoms with Crippen molar-refractivity contribution in [3.05, 3.63) is 88.4 Å². The van der Waals surface area contributed by atoms with E-state index in [1.165, 1.54) is 24.5 Å². The van der Waals surface area contributed by atoms with Crippen molar-refractivity contribution in [1.82, 2.24) is 19.3 Å². The summed E-state index contributed by atoms with van der Waals surface area (Å²) in [6.45, 7) is 2.82. The summed E-state index contributed by atoms with van der Waals surface area (Å²) in [6, 6.07) is 12.7. The molecule has 6 rings (SSSR count). The zero-order valence-corrected chi connectivity index (χ0v) is 19.2. The summed E-state index contributed by atoms with van der Waals surface area (Å²) in [4.78, 5) is 30.6. The lowest BCUT2D eigenvalue weighted by Crippen LogP contribution is -2.33. The summed E-state index contributed by atoms with van der Waals surface area (Å²) in [5.74, 6) is 0.245. The molecular formula is C26H20FN5O4. The van der Waals surface area contributed by atoms with E-state index in [0.717, 1.165) is 21.5 Å². The van der Waals surface area contributed by atoms with E-state index in [-0.39, 0.29) is 11.2 Å². The second kappa shape index (κ2) is 8.49. The minimum absolute atomic E-state index is 0.281. The van der Waals surface area contributed by atoms with Crippen LogP contribution in [0.1, 0.15) is 23.0 Å². The smallest absolute Gasteiger partial charge is 0.280 e. The molecular weight excluding hydrogens is 465 g/mol. The van der Waals surface area contributed by atoms with Gasteiger partial charge < -0.3 is 9.47 Å². The molecule has 0 radical (unpaired) electrons. The van der Waals surface area contributed by atoms with Crippen molar-refractivity contribution < 1.29 is 18.7 Å². The van der Waals surface area contributed by atoms with Crippen LogP contribution >= 0.6 is 0 Å². The molecule has 1 amide bonds. The van der Waals surface area contributed by atoms with Crippen molar-refractivity contribution in [3.63, 3.8) is 0 Å². The van der Waals surface area contributed by atoms with Gasteiger partial charge in [0.1, 0.15) is 19.0 Å². The fourth-order valence-corrected chi connectivity index (χ4v) is 4.32. The van der Waals surface area contributed by atoms with Gasteiger partial charge in [-0.2, -0.15) is 5.10 Å². The van der Waals surface area contributed by atoms with Crippen molar-refractivity contribution in [2.45, 2.75) is 13.3 Å². The van der Waals surface area contributed by atoms with Crippen LogP contribution in [-0.2, 0) is 6.42 Å². The molecule has 1 N–H and O–H groups in total. The van der Waals surface area contributed by atoms with Gasteiger partial charge in [0, 0.05) is 23.5 Å². The lowest BCUT2D eigenvalue weighted by Gasteiger charge is -2.18. The molecule has 9 nitrogen and oxygen atoms in total. The standard InChI is InChI=1S/C26H20FN5O4/c1-2-19-23(15-3-6-17(27)7-4-15)24-28-14-18-20(32(24)29-19)9-10-31(26(18)34)30-25(33)16-5-8-21-22(13-16)36-12-11-35-21/h3-10,13-14H,2,11-12H2,1H3,(H,30,33). The molecule has 36 heavy (non-hydrogen) atoms. The average Bonchev–Trinajstić information content (AvgIpc) is 3.29. The van der Waals surface area contributed by atoms with Crippen LogP contribution in [0.5, 0.6) is 11.5 Å². The first-order valence-electron chi connectivity index (χ1n) is 11.4. The van der Waals surface area contributed by atoms with Crippen LogP contribution in [0.2, 0.25) is 0 Å². The number of carbonyl (C=O) groups excluding carboxylic acids is 1. The van der Waals surface area contributed by atoms with Gasteiger partial charge in [0.15, 0.2) is 17.1 Å². The molecule has 0 saturated heterocycles. The number of aryl methyl sites for hydroxylation is 1. The summed E-state index contributed by atoms with van der Waals surface area (Å²) < 4.78 is 27.2. The third-order valence-electron chi connectivity index (χ3n) is 6.08. The molecule has 0 aliphatic carbocycles. The van der Waals surface area contributed by atoms with Gasteiger partial charge in [-0.15, -0.1) is 0 Å². The van der Waals surface area contributed by atoms with Gasteiger partial charge in [0.2, 0.25) is 0 Å². The molecule has 0 spiro atoms. The molecule has 4 heterocycles. The highest BCUT2D eigenvalue weighted by Crippen LogP contribution is 2.31. The fraction of sp³-hybridized carbons (Fsp3) is 0.154. The summed E-state index contributed by atoms with van der Waals surface area (Å²) in [5, 5.41) is 4.96. The van der Waals surface area contributed by atoms with Crippen molar-refractivity contribution in [2.24, 2.45) is 0 Å². The maximum Gasteiger partial charge on any atom is 0.280 e. The van der Waals surface area contributed by atoms with E-state index in [1.54, 1.807) is 40.9 Å². The largest absolute Gasteiger partial charge is 0.486 e. The van der Waals surface area contributed by atoms with Crippen LogP contribution in [0.25, 0.3) is 27.7 Å². The second-order valence-corrected chi connectivity index (χ2v) is 8.26. The molecule has 0 atom stereocenters. The lowest BCUT2D eigenvalue weighted by molar-refractivity contribution is 0.101. The number of nitrogens with one attached hydrogen (secondary N) is 1. The first kappa shape index (κ1) is 21.8. The van der Waals surface area contributed by atoms with Gasteiger partial charge in [0.05, 0.1) is 16.6 Å². The van der Waals surface area contributed by atoms with Crippen LogP contribution in [0.15, 0.2) is 65.7 Å². The van der Waals surface area contributed by atoms with Crippen LogP contribution in [-0.4, -0.2) is 38.4 Å². The Kier molecular flexibility index (Phi) is 5.14. The Bertz CT molecular complexity index is 1710. The quantitative estimate of drug-likeness (QED) is 0.418. The molecule has 10 heteroatoms. The Balaban J connectivity index is 1.39. The molecule has 0 fully saturated rings. The van der Waals surface area contributed by atoms with E-state index in [9.17, 15) is 14.0 Å². The summed E-state index contributed by atoms with van der Waals surface area (Å²) in [7, 11) is 0. The maximum absolute atomic E-state index is 13.5. The summed E-state index contributed by atoms with van der Waals surface area (Å²) in [5.41, 5.74) is 5.93. The number of ether oxygens (including phenoxy) is 2. The molecule has 0 bridgehead atoms. The number of carbonyl (C=O) groups is 1. The molecule has 0 unspecified atom stereocenters. The number of benzene rings is 2. The van der Waals surface area contributed by atoms with Gasteiger partial charge in [-0.3, -0.25) is 15.0 Å². The van der Waals surface area contributed by atoms with Crippen LogP contribution < -0.4 is 20.5 Å². The van der Waals surface area contributed by atoms with Gasteiger partial charge in [-0.1, -0.05) is 19.1 Å². The minimum Gasteiger partial charge on any atom is -0.486 e. The SMILES string of the molecule is CCc1nn2c(ncc3c(=O)n(NC(=O)c4ccc5c(c4)OCCO5)ccc32)c1-c1ccc(F)cc1. The average molecular weight is 485 g/mol. The molecule has 5 aromatic rings. The Morgan fingerprint density at radius 3 is 2.64 bits per heavy atom. The minimum atomic E-state index is -0.478. The van der Waals surface area contributed by atoms with Gasteiger partial charge >= 0.3 is 0 Å². The number of aromatic nitrogens is 4. The third-order valence-corrected chi connectivity index (χ3v) is 6.08. The monoisotopic (exact) mass is 485 g/mol. The Hall–Kier alpha value is -4.73. The number of pyridine rings is 1. The third kappa shape index (κ3) is 3.54. The molecule has 2 aromatic carbocycles. The highest BCUT2D eigenvalue weighted by molar-refractivity contribution is 6.00. The zero-order valence-electron chi connectivity index (χ0n) is 19.2. The van der Waals surface area contributed by atoms with Crippen molar-refractivity contribution in [3.8, 4) is 22.6 Å². The second-order valence-electron chi connectivity index (χ2n) is 8.26. The number of fused-ring (bicyclic) bond motifs is 4. The van der Waals surface area contributed by atoms with E-state index in [1.807, 2.05) is 6.92 Å². The van der Waals surface area contributed by atoms with E-state index in [0.29, 0.717) is 47.9 Å². The maximum atomic E-state index is 13.5. The fourth-order valence-electron chi connectivity index (χ4n) is 4.32. The molecule has 1 aliphatic rings. The molecule has 3 aromatic heterocycles. The lowest BCUT2D eigenvalue weighted by atomic mass is 10.0. The van der Waals surface area contributed by atoms with E-state index in [2.05, 4.69) is 15.5 Å². The number of hydrogen-bond acceptors (Lipinski definition) is 6. The molecule has 180 valence electrons. The van der Waals surface area contributed by atoms with Gasteiger partial charge in [-0.25, -0.2) is 18.6 Å². The Morgan fingerprint density at radius 2 is 1.86 bits per heavy atom. The first-order valence-corrected chi connectivity index (χ1v) is 11.4. The van der Waals surface area contributed by atoms with E-state index >= 15 is 0 Å². The summed E-state index contributed by atoms with van der Waals surface area (Å²) >= 11 is 0. The number of hydrogen-bond donors (Lipinski definition) is 1.